The van der Waals surface area contributed by atoms with E-state index in [1.807, 2.05) is 0 Å². The summed E-state index contributed by atoms with van der Waals surface area (Å²) >= 11 is 3.05. The number of rotatable bonds is 4. The van der Waals surface area contributed by atoms with Gasteiger partial charge in [0.15, 0.2) is 0 Å². The number of hydrogen-bond donors (Lipinski definition) is 1. The summed E-state index contributed by atoms with van der Waals surface area (Å²) in [6.45, 7) is 3.89. The molecule has 2 rings (SSSR count). The largest absolute Gasteiger partial charge is 0.369 e. The second-order valence-electron chi connectivity index (χ2n) is 3.63. The van der Waals surface area contributed by atoms with Gasteiger partial charge >= 0.3 is 0 Å². The standard InChI is InChI=1S/C11H13N3OS2/c1-3-7-4-8-10(16-6(2)9(12)15)13-5-14-11(8)17-7/h4-6H,3H2,1-2H3,(H2,12,15)/t6-/m0/s1. The lowest BCUT2D eigenvalue weighted by molar-refractivity contribution is -0.117. The number of thioether (sulfide) groups is 1. The van der Waals surface area contributed by atoms with Gasteiger partial charge in [0.1, 0.15) is 16.2 Å². The number of carbonyl (C=O) groups is 1. The zero-order chi connectivity index (χ0) is 12.4. The van der Waals surface area contributed by atoms with Crippen molar-refractivity contribution >= 4 is 39.2 Å². The normalized spacial score (nSPS) is 12.8. The Hall–Kier alpha value is -1.14. The third-order valence-electron chi connectivity index (χ3n) is 2.38. The van der Waals surface area contributed by atoms with Gasteiger partial charge < -0.3 is 5.73 Å². The Labute approximate surface area is 108 Å². The van der Waals surface area contributed by atoms with Crippen molar-refractivity contribution < 1.29 is 4.79 Å². The number of aromatic nitrogens is 2. The number of aryl methyl sites for hydroxylation is 1. The highest BCUT2D eigenvalue weighted by Gasteiger charge is 2.15. The van der Waals surface area contributed by atoms with E-state index in [4.69, 9.17) is 5.73 Å². The number of amides is 1. The molecular weight excluding hydrogens is 254 g/mol. The minimum absolute atomic E-state index is 0.280. The first-order valence-corrected chi connectivity index (χ1v) is 7.00. The number of nitrogens with two attached hydrogens (primary N) is 1. The molecule has 0 aliphatic rings. The highest BCUT2D eigenvalue weighted by atomic mass is 32.2. The molecule has 6 heteroatoms. The molecule has 0 radical (unpaired) electrons. The fourth-order valence-corrected chi connectivity index (χ4v) is 3.22. The summed E-state index contributed by atoms with van der Waals surface area (Å²) in [5, 5.41) is 1.57. The Morgan fingerprint density at radius 1 is 1.59 bits per heavy atom. The van der Waals surface area contributed by atoms with Crippen LogP contribution >= 0.6 is 23.1 Å². The molecule has 0 bridgehead atoms. The summed E-state index contributed by atoms with van der Waals surface area (Å²) in [5.41, 5.74) is 5.26. The van der Waals surface area contributed by atoms with Crippen LogP contribution in [0, 0.1) is 0 Å². The van der Waals surface area contributed by atoms with Gasteiger partial charge in [0.2, 0.25) is 5.91 Å². The van der Waals surface area contributed by atoms with Crippen molar-refractivity contribution in [1.82, 2.24) is 9.97 Å². The van der Waals surface area contributed by atoms with Crippen molar-refractivity contribution in [3.8, 4) is 0 Å². The second kappa shape index (κ2) is 5.01. The molecule has 2 aromatic rings. The summed E-state index contributed by atoms with van der Waals surface area (Å²) in [7, 11) is 0. The SMILES string of the molecule is CCc1cc2c(S[C@@H](C)C(N)=O)ncnc2s1. The number of hydrogen-bond acceptors (Lipinski definition) is 5. The van der Waals surface area contributed by atoms with Crippen LogP contribution in [-0.4, -0.2) is 21.1 Å². The Balaban J connectivity index is 2.39. The van der Waals surface area contributed by atoms with Gasteiger partial charge in [-0.05, 0) is 19.4 Å². The van der Waals surface area contributed by atoms with Crippen LogP contribution in [0.1, 0.15) is 18.7 Å². The molecule has 0 saturated carbocycles. The molecule has 90 valence electrons. The molecule has 4 nitrogen and oxygen atoms in total. The summed E-state index contributed by atoms with van der Waals surface area (Å²) in [6.07, 6.45) is 2.52. The molecule has 2 N–H and O–H groups in total. The van der Waals surface area contributed by atoms with Gasteiger partial charge in [-0.1, -0.05) is 18.7 Å². The van der Waals surface area contributed by atoms with E-state index < -0.39 is 0 Å². The van der Waals surface area contributed by atoms with Crippen LogP contribution in [0.5, 0.6) is 0 Å². The lowest BCUT2D eigenvalue weighted by atomic mass is 10.3. The van der Waals surface area contributed by atoms with Gasteiger partial charge in [0.25, 0.3) is 0 Å². The maximum Gasteiger partial charge on any atom is 0.230 e. The molecule has 0 aliphatic heterocycles. The van der Waals surface area contributed by atoms with E-state index in [1.165, 1.54) is 23.0 Å². The molecule has 0 fully saturated rings. The first-order chi connectivity index (χ1) is 8.11. The van der Waals surface area contributed by atoms with Gasteiger partial charge in [0, 0.05) is 10.3 Å². The van der Waals surface area contributed by atoms with Crippen LogP contribution in [-0.2, 0) is 11.2 Å². The van der Waals surface area contributed by atoms with Crippen LogP contribution in [0.4, 0.5) is 0 Å². The van der Waals surface area contributed by atoms with Crippen LogP contribution in [0.25, 0.3) is 10.2 Å². The summed E-state index contributed by atoms with van der Waals surface area (Å²) in [5.74, 6) is -0.326. The van der Waals surface area contributed by atoms with Crippen molar-refractivity contribution in [3.05, 3.63) is 17.3 Å². The predicted molar refractivity (Wildman–Crippen MR) is 71.3 cm³/mol. The topological polar surface area (TPSA) is 68.9 Å². The van der Waals surface area contributed by atoms with E-state index in [9.17, 15) is 4.79 Å². The molecule has 0 spiro atoms. The second-order valence-corrected chi connectivity index (χ2v) is 6.07. The Bertz CT molecular complexity index is 553. The smallest absolute Gasteiger partial charge is 0.230 e. The fourth-order valence-electron chi connectivity index (χ4n) is 1.38. The maximum atomic E-state index is 11.1. The number of nitrogens with zero attached hydrogens (tertiary/aromatic N) is 2. The van der Waals surface area contributed by atoms with Gasteiger partial charge in [0.05, 0.1) is 5.25 Å². The molecule has 0 saturated heterocycles. The van der Waals surface area contributed by atoms with E-state index in [-0.39, 0.29) is 11.2 Å². The van der Waals surface area contributed by atoms with Gasteiger partial charge in [-0.3, -0.25) is 4.79 Å². The number of fused-ring (bicyclic) bond motifs is 1. The monoisotopic (exact) mass is 267 g/mol. The number of primary amides is 1. The third-order valence-corrected chi connectivity index (χ3v) is 4.70. The molecule has 0 aromatic carbocycles. The van der Waals surface area contributed by atoms with Crippen LogP contribution in [0.15, 0.2) is 17.4 Å². The molecule has 2 heterocycles. The van der Waals surface area contributed by atoms with E-state index in [2.05, 4.69) is 23.0 Å². The van der Waals surface area contributed by atoms with E-state index in [0.29, 0.717) is 0 Å². The lowest BCUT2D eigenvalue weighted by Crippen LogP contribution is -2.22. The van der Waals surface area contributed by atoms with E-state index in [1.54, 1.807) is 18.3 Å². The van der Waals surface area contributed by atoms with Crippen LogP contribution in [0.3, 0.4) is 0 Å². The predicted octanol–water partition coefficient (Wildman–Crippen LogP) is 2.22. The fraction of sp³-hybridized carbons (Fsp3) is 0.364. The van der Waals surface area contributed by atoms with Crippen molar-refractivity contribution in [1.29, 1.82) is 0 Å². The highest BCUT2D eigenvalue weighted by molar-refractivity contribution is 8.00. The molecular formula is C11H13N3OS2. The quantitative estimate of drug-likeness (QED) is 0.681. The minimum atomic E-state index is -0.326. The molecule has 0 aliphatic carbocycles. The molecule has 1 amide bonds. The average Bonchev–Trinajstić information content (AvgIpc) is 2.72. The van der Waals surface area contributed by atoms with E-state index >= 15 is 0 Å². The third kappa shape index (κ3) is 2.58. The molecule has 0 unspecified atom stereocenters. The molecule has 17 heavy (non-hydrogen) atoms. The summed E-state index contributed by atoms with van der Waals surface area (Å²) in [6, 6.07) is 2.09. The maximum absolute atomic E-state index is 11.1. The first-order valence-electron chi connectivity index (χ1n) is 5.31. The molecule has 2 aromatic heterocycles. The van der Waals surface area contributed by atoms with E-state index in [0.717, 1.165) is 21.7 Å². The zero-order valence-corrected chi connectivity index (χ0v) is 11.3. The minimum Gasteiger partial charge on any atom is -0.369 e. The zero-order valence-electron chi connectivity index (χ0n) is 9.64. The van der Waals surface area contributed by atoms with Gasteiger partial charge in [-0.2, -0.15) is 0 Å². The number of carbonyl (C=O) groups excluding carboxylic acids is 1. The Kier molecular flexibility index (Phi) is 3.63. The Morgan fingerprint density at radius 2 is 2.35 bits per heavy atom. The van der Waals surface area contributed by atoms with Crippen molar-refractivity contribution in [2.45, 2.75) is 30.5 Å². The number of thiophene rings is 1. The van der Waals surface area contributed by atoms with Crippen LogP contribution in [0.2, 0.25) is 0 Å². The van der Waals surface area contributed by atoms with Crippen molar-refractivity contribution in [2.24, 2.45) is 5.73 Å². The Morgan fingerprint density at radius 3 is 3.00 bits per heavy atom. The highest BCUT2D eigenvalue weighted by Crippen LogP contribution is 2.32. The van der Waals surface area contributed by atoms with Crippen molar-refractivity contribution in [2.75, 3.05) is 0 Å². The first kappa shape index (κ1) is 12.3. The lowest BCUT2D eigenvalue weighted by Gasteiger charge is -2.06. The van der Waals surface area contributed by atoms with Crippen LogP contribution < -0.4 is 5.73 Å². The summed E-state index contributed by atoms with van der Waals surface area (Å²) < 4.78 is 0. The summed E-state index contributed by atoms with van der Waals surface area (Å²) in [4.78, 5) is 21.8. The van der Waals surface area contributed by atoms with Gasteiger partial charge in [-0.25, -0.2) is 9.97 Å². The molecule has 1 atom stereocenters. The average molecular weight is 267 g/mol. The van der Waals surface area contributed by atoms with Crippen molar-refractivity contribution in [3.63, 3.8) is 0 Å². The van der Waals surface area contributed by atoms with Gasteiger partial charge in [-0.15, -0.1) is 11.3 Å².